The van der Waals surface area contributed by atoms with E-state index in [-0.39, 0.29) is 28.6 Å². The molecule has 3 aromatic rings. The third kappa shape index (κ3) is 3.70. The molecule has 0 amide bonds. The quantitative estimate of drug-likeness (QED) is 0.610. The number of aromatic hydroxyl groups is 2. The second-order valence-electron chi connectivity index (χ2n) is 6.00. The van der Waals surface area contributed by atoms with Gasteiger partial charge in [-0.3, -0.25) is 4.79 Å². The minimum absolute atomic E-state index is 0.0756. The average molecular weight is 348 g/mol. The summed E-state index contributed by atoms with van der Waals surface area (Å²) in [5.41, 5.74) is 1.70. The topological polar surface area (TPSA) is 66.8 Å². The number of aryl methyl sites for hydroxylation is 1. The van der Waals surface area contributed by atoms with Crippen molar-refractivity contribution in [1.82, 2.24) is 0 Å². The smallest absolute Gasteiger partial charge is 0.211 e. The van der Waals surface area contributed by atoms with E-state index in [1.165, 1.54) is 17.7 Å². The van der Waals surface area contributed by atoms with Crippen LogP contribution in [0.3, 0.4) is 0 Å². The van der Waals surface area contributed by atoms with E-state index in [2.05, 4.69) is 6.92 Å². The van der Waals surface area contributed by atoms with Crippen molar-refractivity contribution >= 4 is 5.78 Å². The van der Waals surface area contributed by atoms with E-state index in [9.17, 15) is 15.0 Å². The highest BCUT2D eigenvalue weighted by Crippen LogP contribution is 2.42. The molecule has 0 aliphatic carbocycles. The molecule has 0 radical (unpaired) electrons. The zero-order chi connectivity index (χ0) is 18.5. The molecular formula is C22H20O4. The maximum Gasteiger partial charge on any atom is 0.211 e. The largest absolute Gasteiger partial charge is 0.504 e. The van der Waals surface area contributed by atoms with Crippen LogP contribution in [0.4, 0.5) is 0 Å². The standard InChI is InChI=1S/C22H20O4/c1-2-6-15-9-11-17(12-10-15)26-22-19(23)14-13-18(21(22)25)20(24)16-7-4-3-5-8-16/h3-5,7-14,23,25H,2,6H2,1H3. The third-order valence-corrected chi connectivity index (χ3v) is 4.07. The van der Waals surface area contributed by atoms with E-state index in [1.807, 2.05) is 18.2 Å². The second kappa shape index (κ2) is 7.74. The van der Waals surface area contributed by atoms with Gasteiger partial charge in [0.25, 0.3) is 0 Å². The fourth-order valence-corrected chi connectivity index (χ4v) is 2.72. The zero-order valence-electron chi connectivity index (χ0n) is 14.5. The Balaban J connectivity index is 1.91. The number of phenols is 2. The van der Waals surface area contributed by atoms with Crippen LogP contribution in [0.1, 0.15) is 34.8 Å². The summed E-state index contributed by atoms with van der Waals surface area (Å²) in [5.74, 6) is -0.609. The lowest BCUT2D eigenvalue weighted by Gasteiger charge is -2.13. The van der Waals surface area contributed by atoms with Crippen molar-refractivity contribution in [2.75, 3.05) is 0 Å². The molecule has 0 atom stereocenters. The molecule has 0 bridgehead atoms. The lowest BCUT2D eigenvalue weighted by Crippen LogP contribution is -2.02. The third-order valence-electron chi connectivity index (χ3n) is 4.07. The Kier molecular flexibility index (Phi) is 5.23. The highest BCUT2D eigenvalue weighted by Gasteiger charge is 2.20. The van der Waals surface area contributed by atoms with Gasteiger partial charge in [-0.1, -0.05) is 55.8 Å². The van der Waals surface area contributed by atoms with E-state index < -0.39 is 0 Å². The van der Waals surface area contributed by atoms with E-state index in [0.29, 0.717) is 11.3 Å². The fraction of sp³-hybridized carbons (Fsp3) is 0.136. The summed E-state index contributed by atoms with van der Waals surface area (Å²) >= 11 is 0. The minimum Gasteiger partial charge on any atom is -0.504 e. The molecule has 26 heavy (non-hydrogen) atoms. The van der Waals surface area contributed by atoms with Crippen LogP contribution in [-0.4, -0.2) is 16.0 Å². The average Bonchev–Trinajstić information content (AvgIpc) is 2.67. The highest BCUT2D eigenvalue weighted by molar-refractivity contribution is 6.11. The maximum absolute atomic E-state index is 12.6. The lowest BCUT2D eigenvalue weighted by atomic mass is 10.0. The van der Waals surface area contributed by atoms with Crippen molar-refractivity contribution in [3.05, 3.63) is 83.4 Å². The van der Waals surface area contributed by atoms with Gasteiger partial charge in [0.1, 0.15) is 5.75 Å². The number of hydrogen-bond donors (Lipinski definition) is 2. The van der Waals surface area contributed by atoms with Crippen LogP contribution < -0.4 is 4.74 Å². The molecular weight excluding hydrogens is 328 g/mol. The molecule has 0 spiro atoms. The molecule has 2 N–H and O–H groups in total. The summed E-state index contributed by atoms with van der Waals surface area (Å²) in [6.07, 6.45) is 2.02. The van der Waals surface area contributed by atoms with Crippen LogP contribution in [-0.2, 0) is 6.42 Å². The van der Waals surface area contributed by atoms with Crippen LogP contribution in [0.25, 0.3) is 0 Å². The Morgan fingerprint density at radius 1 is 0.923 bits per heavy atom. The van der Waals surface area contributed by atoms with Crippen molar-refractivity contribution < 1.29 is 19.7 Å². The Hall–Kier alpha value is -3.27. The van der Waals surface area contributed by atoms with Crippen molar-refractivity contribution in [2.45, 2.75) is 19.8 Å². The second-order valence-corrected chi connectivity index (χ2v) is 6.00. The first-order valence-electron chi connectivity index (χ1n) is 8.51. The molecule has 0 aliphatic rings. The van der Waals surface area contributed by atoms with Crippen LogP contribution in [0.5, 0.6) is 23.0 Å². The van der Waals surface area contributed by atoms with Crippen molar-refractivity contribution in [3.8, 4) is 23.0 Å². The van der Waals surface area contributed by atoms with Gasteiger partial charge in [-0.2, -0.15) is 0 Å². The summed E-state index contributed by atoms with van der Waals surface area (Å²) in [4.78, 5) is 12.6. The van der Waals surface area contributed by atoms with E-state index in [1.54, 1.807) is 36.4 Å². The normalized spacial score (nSPS) is 10.5. The molecule has 0 aromatic heterocycles. The van der Waals surface area contributed by atoms with Crippen molar-refractivity contribution in [2.24, 2.45) is 0 Å². The number of rotatable bonds is 6. The fourth-order valence-electron chi connectivity index (χ4n) is 2.72. The first kappa shape index (κ1) is 17.5. The number of benzene rings is 3. The molecule has 132 valence electrons. The number of hydrogen-bond acceptors (Lipinski definition) is 4. The van der Waals surface area contributed by atoms with Gasteiger partial charge in [0, 0.05) is 5.56 Å². The first-order chi connectivity index (χ1) is 12.6. The van der Waals surface area contributed by atoms with Crippen LogP contribution in [0.15, 0.2) is 66.7 Å². The van der Waals surface area contributed by atoms with Crippen molar-refractivity contribution in [1.29, 1.82) is 0 Å². The minimum atomic E-state index is -0.378. The van der Waals surface area contributed by atoms with Gasteiger partial charge in [0.15, 0.2) is 17.3 Å². The molecule has 3 rings (SSSR count). The summed E-state index contributed by atoms with van der Waals surface area (Å²) in [6.45, 7) is 2.11. The summed E-state index contributed by atoms with van der Waals surface area (Å²) < 4.78 is 5.65. The van der Waals surface area contributed by atoms with Gasteiger partial charge >= 0.3 is 0 Å². The molecule has 0 fully saturated rings. The van der Waals surface area contributed by atoms with Gasteiger partial charge < -0.3 is 14.9 Å². The monoisotopic (exact) mass is 348 g/mol. The first-order valence-corrected chi connectivity index (χ1v) is 8.51. The number of carbonyl (C=O) groups is 1. The maximum atomic E-state index is 12.6. The van der Waals surface area contributed by atoms with Gasteiger partial charge in [-0.15, -0.1) is 0 Å². The zero-order valence-corrected chi connectivity index (χ0v) is 14.5. The Morgan fingerprint density at radius 2 is 1.62 bits per heavy atom. The van der Waals surface area contributed by atoms with Gasteiger partial charge in [-0.25, -0.2) is 0 Å². The summed E-state index contributed by atoms with van der Waals surface area (Å²) in [5, 5.41) is 20.6. The van der Waals surface area contributed by atoms with E-state index in [0.717, 1.165) is 12.8 Å². The van der Waals surface area contributed by atoms with E-state index >= 15 is 0 Å². The highest BCUT2D eigenvalue weighted by atomic mass is 16.5. The summed E-state index contributed by atoms with van der Waals surface area (Å²) in [7, 11) is 0. The van der Waals surface area contributed by atoms with Crippen LogP contribution in [0, 0.1) is 0 Å². The van der Waals surface area contributed by atoms with Crippen molar-refractivity contribution in [3.63, 3.8) is 0 Å². The molecule has 4 nitrogen and oxygen atoms in total. The number of ether oxygens (including phenoxy) is 1. The SMILES string of the molecule is CCCc1ccc(Oc2c(O)ccc(C(=O)c3ccccc3)c2O)cc1. The van der Waals surface area contributed by atoms with Gasteiger partial charge in [-0.05, 0) is 36.2 Å². The molecule has 0 unspecified atom stereocenters. The molecule has 0 heterocycles. The molecule has 0 saturated carbocycles. The molecule has 4 heteroatoms. The summed E-state index contributed by atoms with van der Waals surface area (Å²) in [6, 6.07) is 18.8. The number of carbonyl (C=O) groups excluding carboxylic acids is 1. The van der Waals surface area contributed by atoms with Gasteiger partial charge in [0.05, 0.1) is 5.56 Å². The number of phenolic OH excluding ortho intramolecular Hbond substituents is 2. The Labute approximate surface area is 152 Å². The van der Waals surface area contributed by atoms with E-state index in [4.69, 9.17) is 4.74 Å². The molecule has 0 aliphatic heterocycles. The predicted octanol–water partition coefficient (Wildman–Crippen LogP) is 5.07. The number of ketones is 1. The lowest BCUT2D eigenvalue weighted by molar-refractivity contribution is 0.103. The predicted molar refractivity (Wildman–Crippen MR) is 100 cm³/mol. The Bertz CT molecular complexity index is 899. The molecule has 3 aromatic carbocycles. The van der Waals surface area contributed by atoms with Crippen LogP contribution in [0.2, 0.25) is 0 Å². The Morgan fingerprint density at radius 3 is 2.27 bits per heavy atom. The van der Waals surface area contributed by atoms with Crippen LogP contribution >= 0.6 is 0 Å². The molecule has 0 saturated heterocycles. The van der Waals surface area contributed by atoms with Gasteiger partial charge in [0.2, 0.25) is 5.75 Å².